The van der Waals surface area contributed by atoms with Crippen LogP contribution in [0.4, 0.5) is 4.39 Å². The molecule has 2 aromatic rings. The monoisotopic (exact) mass is 263 g/mol. The smallest absolute Gasteiger partial charge is 0.142 e. The number of rotatable bonds is 1. The van der Waals surface area contributed by atoms with Crippen LogP contribution in [0.25, 0.3) is 11.1 Å². The zero-order valence-electron chi connectivity index (χ0n) is 10.1. The molecule has 0 unspecified atom stereocenters. The fraction of sp³-hybridized carbons (Fsp3) is 0.286. The van der Waals surface area contributed by atoms with E-state index in [-0.39, 0.29) is 11.9 Å². The lowest BCUT2D eigenvalue weighted by atomic mass is 10.1. The molecular weight excluding hydrogens is 249 g/mol. The molecule has 94 valence electrons. The van der Waals surface area contributed by atoms with E-state index in [0.717, 1.165) is 29.3 Å². The van der Waals surface area contributed by atoms with Crippen molar-refractivity contribution in [3.05, 3.63) is 40.3 Å². The molecule has 0 bridgehead atoms. The normalized spacial score (nSPS) is 18.9. The molecule has 3 rings (SSSR count). The van der Waals surface area contributed by atoms with Crippen molar-refractivity contribution in [2.75, 3.05) is 6.54 Å². The first kappa shape index (κ1) is 11.7. The molecule has 18 heavy (non-hydrogen) atoms. The molecule has 0 fully saturated rings. The second-order valence-corrected chi connectivity index (χ2v) is 5.41. The Morgan fingerprint density at radius 1 is 1.33 bits per heavy atom. The Kier molecular flexibility index (Phi) is 3.06. The van der Waals surface area contributed by atoms with Crippen molar-refractivity contribution >= 4 is 11.3 Å². The van der Waals surface area contributed by atoms with Gasteiger partial charge in [0.25, 0.3) is 0 Å². The third-order valence-electron chi connectivity index (χ3n) is 3.02. The Morgan fingerprint density at radius 2 is 2.17 bits per heavy atom. The Balaban J connectivity index is 2.09. The quantitative estimate of drug-likeness (QED) is 0.851. The highest BCUT2D eigenvalue weighted by atomic mass is 32.1. The zero-order valence-corrected chi connectivity index (χ0v) is 10.9. The number of benzene rings is 1. The van der Waals surface area contributed by atoms with Crippen LogP contribution < -0.4 is 10.1 Å². The van der Waals surface area contributed by atoms with Crippen molar-refractivity contribution in [1.82, 2.24) is 5.32 Å². The fourth-order valence-corrected chi connectivity index (χ4v) is 3.08. The average Bonchev–Trinajstić information content (AvgIpc) is 2.64. The van der Waals surface area contributed by atoms with E-state index in [0.29, 0.717) is 5.56 Å². The Morgan fingerprint density at radius 3 is 3.00 bits per heavy atom. The van der Waals surface area contributed by atoms with Crippen molar-refractivity contribution in [2.45, 2.75) is 19.6 Å². The second-order valence-electron chi connectivity index (χ2n) is 4.44. The summed E-state index contributed by atoms with van der Waals surface area (Å²) >= 11 is 1.62. The summed E-state index contributed by atoms with van der Waals surface area (Å²) in [5.74, 6) is 0.633. The summed E-state index contributed by atoms with van der Waals surface area (Å²) in [6, 6.07) is 6.83. The van der Waals surface area contributed by atoms with E-state index in [9.17, 15) is 4.39 Å². The van der Waals surface area contributed by atoms with Crippen LogP contribution in [-0.4, -0.2) is 12.6 Å². The first-order chi connectivity index (χ1) is 8.75. The molecule has 0 aliphatic carbocycles. The van der Waals surface area contributed by atoms with Gasteiger partial charge in [-0.15, -0.1) is 11.3 Å². The van der Waals surface area contributed by atoms with Gasteiger partial charge in [-0.2, -0.15) is 0 Å². The van der Waals surface area contributed by atoms with Crippen LogP contribution in [0, 0.1) is 5.82 Å². The lowest BCUT2D eigenvalue weighted by Crippen LogP contribution is -2.25. The molecule has 1 aromatic carbocycles. The highest BCUT2D eigenvalue weighted by Crippen LogP contribution is 2.40. The lowest BCUT2D eigenvalue weighted by molar-refractivity contribution is 0.228. The van der Waals surface area contributed by atoms with Gasteiger partial charge < -0.3 is 10.1 Å². The maximum absolute atomic E-state index is 13.9. The van der Waals surface area contributed by atoms with Crippen molar-refractivity contribution in [2.24, 2.45) is 0 Å². The molecule has 0 saturated carbocycles. The van der Waals surface area contributed by atoms with E-state index in [1.165, 1.54) is 6.07 Å². The number of hydrogen-bond donors (Lipinski definition) is 1. The van der Waals surface area contributed by atoms with Crippen LogP contribution in [0.1, 0.15) is 11.8 Å². The van der Waals surface area contributed by atoms with Gasteiger partial charge in [0.1, 0.15) is 17.7 Å². The minimum Gasteiger partial charge on any atom is -0.488 e. The summed E-state index contributed by atoms with van der Waals surface area (Å²) in [6.45, 7) is 3.63. The van der Waals surface area contributed by atoms with Crippen LogP contribution in [0.5, 0.6) is 5.75 Å². The molecule has 2 heterocycles. The van der Waals surface area contributed by atoms with Crippen LogP contribution in [-0.2, 0) is 6.54 Å². The first-order valence-electron chi connectivity index (χ1n) is 5.98. The van der Waals surface area contributed by atoms with E-state index in [2.05, 4.69) is 5.32 Å². The Hall–Kier alpha value is -1.39. The number of fused-ring (bicyclic) bond motifs is 1. The summed E-state index contributed by atoms with van der Waals surface area (Å²) in [7, 11) is 0. The topological polar surface area (TPSA) is 21.3 Å². The number of thiophene rings is 1. The predicted octanol–water partition coefficient (Wildman–Crippen LogP) is 3.42. The van der Waals surface area contributed by atoms with Crippen LogP contribution in [0.2, 0.25) is 0 Å². The summed E-state index contributed by atoms with van der Waals surface area (Å²) in [5, 5.41) is 5.30. The maximum atomic E-state index is 13.9. The van der Waals surface area contributed by atoms with Gasteiger partial charge in [0, 0.05) is 29.6 Å². The standard InChI is InChI=1S/C14H14FNOS/c1-9-6-16-7-13-14(17-9)11(8-18-13)10-4-2-3-5-12(10)15/h2-5,8-9,16H,6-7H2,1H3/t9-/m0/s1. The number of halogens is 1. The summed E-state index contributed by atoms with van der Waals surface area (Å²) in [4.78, 5) is 1.14. The fourth-order valence-electron chi connectivity index (χ4n) is 2.14. The van der Waals surface area contributed by atoms with Gasteiger partial charge in [-0.05, 0) is 13.0 Å². The number of ether oxygens (including phenoxy) is 1. The molecule has 4 heteroatoms. The Bertz CT molecular complexity index is 567. The molecule has 1 N–H and O–H groups in total. The predicted molar refractivity (Wildman–Crippen MR) is 71.5 cm³/mol. The van der Waals surface area contributed by atoms with Crippen LogP contribution >= 0.6 is 11.3 Å². The molecule has 1 aromatic heterocycles. The van der Waals surface area contributed by atoms with Crippen molar-refractivity contribution in [3.8, 4) is 16.9 Å². The van der Waals surface area contributed by atoms with Gasteiger partial charge in [0.2, 0.25) is 0 Å². The summed E-state index contributed by atoms with van der Waals surface area (Å²) in [6.07, 6.45) is 0.103. The third-order valence-corrected chi connectivity index (χ3v) is 3.99. The minimum atomic E-state index is -0.202. The molecule has 0 radical (unpaired) electrons. The van der Waals surface area contributed by atoms with Crippen molar-refractivity contribution in [3.63, 3.8) is 0 Å². The highest BCUT2D eigenvalue weighted by Gasteiger charge is 2.21. The largest absolute Gasteiger partial charge is 0.488 e. The minimum absolute atomic E-state index is 0.103. The van der Waals surface area contributed by atoms with E-state index in [4.69, 9.17) is 4.74 Å². The maximum Gasteiger partial charge on any atom is 0.142 e. The van der Waals surface area contributed by atoms with Crippen LogP contribution in [0.15, 0.2) is 29.6 Å². The van der Waals surface area contributed by atoms with Gasteiger partial charge in [0.05, 0.1) is 4.88 Å². The van der Waals surface area contributed by atoms with Gasteiger partial charge >= 0.3 is 0 Å². The molecule has 1 aliphatic heterocycles. The zero-order chi connectivity index (χ0) is 12.5. The average molecular weight is 263 g/mol. The summed E-state index contributed by atoms with van der Waals surface area (Å²) in [5.41, 5.74) is 1.48. The first-order valence-corrected chi connectivity index (χ1v) is 6.86. The number of nitrogens with one attached hydrogen (secondary N) is 1. The van der Waals surface area contributed by atoms with E-state index in [1.54, 1.807) is 23.5 Å². The molecule has 1 atom stereocenters. The Labute approximate surface area is 109 Å². The third kappa shape index (κ3) is 2.02. The van der Waals surface area contributed by atoms with Gasteiger partial charge in [-0.25, -0.2) is 4.39 Å². The SMILES string of the molecule is C[C@H]1CNCc2scc(-c3ccccc3F)c2O1. The lowest BCUT2D eigenvalue weighted by Gasteiger charge is -2.13. The van der Waals surface area contributed by atoms with Crippen molar-refractivity contribution in [1.29, 1.82) is 0 Å². The highest BCUT2D eigenvalue weighted by molar-refractivity contribution is 7.10. The van der Waals surface area contributed by atoms with E-state index < -0.39 is 0 Å². The van der Waals surface area contributed by atoms with Crippen molar-refractivity contribution < 1.29 is 9.13 Å². The van der Waals surface area contributed by atoms with Gasteiger partial charge in [-0.3, -0.25) is 0 Å². The molecule has 0 amide bonds. The molecule has 2 nitrogen and oxygen atoms in total. The van der Waals surface area contributed by atoms with Gasteiger partial charge in [-0.1, -0.05) is 18.2 Å². The molecule has 0 saturated heterocycles. The van der Waals surface area contributed by atoms with Crippen LogP contribution in [0.3, 0.4) is 0 Å². The van der Waals surface area contributed by atoms with Gasteiger partial charge in [0.15, 0.2) is 0 Å². The summed E-state index contributed by atoms with van der Waals surface area (Å²) < 4.78 is 19.8. The van der Waals surface area contributed by atoms with E-state index >= 15 is 0 Å². The molecule has 1 aliphatic rings. The number of hydrogen-bond acceptors (Lipinski definition) is 3. The molecular formula is C14H14FNOS. The molecule has 0 spiro atoms. The van der Waals surface area contributed by atoms with E-state index in [1.807, 2.05) is 18.4 Å². The second kappa shape index (κ2) is 4.71.